The van der Waals surface area contributed by atoms with Crippen LogP contribution in [-0.4, -0.2) is 37.0 Å². The number of hydrogen-bond acceptors (Lipinski definition) is 5. The fourth-order valence-electron chi connectivity index (χ4n) is 2.61. The Balaban J connectivity index is 1.86. The zero-order chi connectivity index (χ0) is 18.7. The molecule has 0 bridgehead atoms. The summed E-state index contributed by atoms with van der Waals surface area (Å²) in [5, 5.41) is 3.48. The third kappa shape index (κ3) is 3.14. The quantitative estimate of drug-likeness (QED) is 0.704. The summed E-state index contributed by atoms with van der Waals surface area (Å²) in [6.45, 7) is 0. The number of benzene rings is 2. The summed E-state index contributed by atoms with van der Waals surface area (Å²) in [6.07, 6.45) is 1.61. The van der Waals surface area contributed by atoms with Gasteiger partial charge < -0.3 is 19.8 Å². The highest BCUT2D eigenvalue weighted by Gasteiger charge is 2.15. The van der Waals surface area contributed by atoms with E-state index < -0.39 is 11.9 Å². The number of rotatable bonds is 4. The summed E-state index contributed by atoms with van der Waals surface area (Å²) in [4.78, 5) is 38.7. The van der Waals surface area contributed by atoms with Crippen molar-refractivity contribution in [3.63, 3.8) is 0 Å². The van der Waals surface area contributed by atoms with Crippen molar-refractivity contribution in [3.8, 4) is 0 Å². The third-order valence-corrected chi connectivity index (χ3v) is 3.94. The predicted octanol–water partition coefficient (Wildman–Crippen LogP) is 2.99. The summed E-state index contributed by atoms with van der Waals surface area (Å²) >= 11 is 0. The summed E-state index contributed by atoms with van der Waals surface area (Å²) in [6, 6.07) is 11.3. The van der Waals surface area contributed by atoms with Gasteiger partial charge in [-0.05, 0) is 30.3 Å². The Hall–Kier alpha value is -3.61. The molecule has 0 aliphatic rings. The summed E-state index contributed by atoms with van der Waals surface area (Å²) in [5.74, 6) is -1.27. The standard InChI is InChI=1S/C19H16N2O5/c1-25-18(23)12-8-6-11(7-9-12)17(22)21-15-10-20-16-13(15)4-3-5-14(16)19(24)26-2/h3-10,20H,1-2H3,(H,21,22). The van der Waals surface area contributed by atoms with E-state index in [-0.39, 0.29) is 5.91 Å². The largest absolute Gasteiger partial charge is 0.465 e. The SMILES string of the molecule is COC(=O)c1ccc(C(=O)Nc2c[nH]c3c(C(=O)OC)cccc23)cc1. The minimum absolute atomic E-state index is 0.342. The molecule has 1 aromatic heterocycles. The first-order valence-electron chi connectivity index (χ1n) is 7.73. The minimum Gasteiger partial charge on any atom is -0.465 e. The Morgan fingerprint density at radius 2 is 1.54 bits per heavy atom. The second-order valence-electron chi connectivity index (χ2n) is 5.45. The van der Waals surface area contributed by atoms with Crippen LogP contribution in [0, 0.1) is 0 Å². The maximum Gasteiger partial charge on any atom is 0.339 e. The maximum absolute atomic E-state index is 12.4. The van der Waals surface area contributed by atoms with Gasteiger partial charge in [0.05, 0.1) is 36.6 Å². The van der Waals surface area contributed by atoms with Crippen LogP contribution in [0.4, 0.5) is 5.69 Å². The first-order valence-corrected chi connectivity index (χ1v) is 7.73. The van der Waals surface area contributed by atoms with Crippen LogP contribution < -0.4 is 5.32 Å². The number of H-pyrrole nitrogens is 1. The van der Waals surface area contributed by atoms with E-state index in [1.165, 1.54) is 38.5 Å². The number of amides is 1. The molecule has 3 aromatic rings. The molecule has 0 fully saturated rings. The number of anilines is 1. The van der Waals surface area contributed by atoms with Gasteiger partial charge in [0.1, 0.15) is 0 Å². The summed E-state index contributed by atoms with van der Waals surface area (Å²) in [7, 11) is 2.60. The molecule has 7 nitrogen and oxygen atoms in total. The zero-order valence-corrected chi connectivity index (χ0v) is 14.2. The van der Waals surface area contributed by atoms with Crippen molar-refractivity contribution in [1.29, 1.82) is 0 Å². The topological polar surface area (TPSA) is 97.5 Å². The van der Waals surface area contributed by atoms with E-state index >= 15 is 0 Å². The molecule has 0 saturated heterocycles. The lowest BCUT2D eigenvalue weighted by Crippen LogP contribution is -2.12. The number of ether oxygens (including phenoxy) is 2. The van der Waals surface area contributed by atoms with Crippen LogP contribution >= 0.6 is 0 Å². The van der Waals surface area contributed by atoms with Crippen LogP contribution in [0.2, 0.25) is 0 Å². The Morgan fingerprint density at radius 3 is 2.19 bits per heavy atom. The highest BCUT2D eigenvalue weighted by Crippen LogP contribution is 2.26. The second-order valence-corrected chi connectivity index (χ2v) is 5.45. The predicted molar refractivity (Wildman–Crippen MR) is 95.4 cm³/mol. The van der Waals surface area contributed by atoms with Crippen molar-refractivity contribution >= 4 is 34.4 Å². The molecule has 0 atom stereocenters. The molecule has 0 radical (unpaired) electrons. The fraction of sp³-hybridized carbons (Fsp3) is 0.105. The summed E-state index contributed by atoms with van der Waals surface area (Å²) in [5.41, 5.74) is 2.24. The molecule has 1 amide bonds. The van der Waals surface area contributed by atoms with Crippen LogP contribution in [0.3, 0.4) is 0 Å². The van der Waals surface area contributed by atoms with Gasteiger partial charge in [-0.15, -0.1) is 0 Å². The molecule has 7 heteroatoms. The number of nitrogens with one attached hydrogen (secondary N) is 2. The number of carbonyl (C=O) groups is 3. The molecule has 2 N–H and O–H groups in total. The van der Waals surface area contributed by atoms with Crippen molar-refractivity contribution < 1.29 is 23.9 Å². The van der Waals surface area contributed by atoms with E-state index in [0.29, 0.717) is 33.3 Å². The zero-order valence-electron chi connectivity index (χ0n) is 14.2. The smallest absolute Gasteiger partial charge is 0.339 e. The van der Waals surface area contributed by atoms with Gasteiger partial charge in [0.2, 0.25) is 0 Å². The number of fused-ring (bicyclic) bond motifs is 1. The van der Waals surface area contributed by atoms with Gasteiger partial charge >= 0.3 is 11.9 Å². The Morgan fingerprint density at radius 1 is 0.885 bits per heavy atom. The lowest BCUT2D eigenvalue weighted by molar-refractivity contribution is 0.0592. The Kier molecular flexibility index (Phi) is 4.70. The molecule has 3 rings (SSSR count). The Labute approximate surface area is 148 Å². The minimum atomic E-state index is -0.469. The number of methoxy groups -OCH3 is 2. The molecule has 1 heterocycles. The van der Waals surface area contributed by atoms with Gasteiger partial charge in [-0.2, -0.15) is 0 Å². The van der Waals surface area contributed by atoms with Crippen LogP contribution in [-0.2, 0) is 9.47 Å². The van der Waals surface area contributed by atoms with Crippen molar-refractivity contribution in [3.05, 3.63) is 65.4 Å². The van der Waals surface area contributed by atoms with E-state index in [1.807, 2.05) is 0 Å². The molecular formula is C19H16N2O5. The van der Waals surface area contributed by atoms with Crippen molar-refractivity contribution in [1.82, 2.24) is 4.98 Å². The maximum atomic E-state index is 12.4. The second kappa shape index (κ2) is 7.10. The molecule has 0 unspecified atom stereocenters. The van der Waals surface area contributed by atoms with Gasteiger partial charge in [-0.25, -0.2) is 9.59 Å². The number of esters is 2. The number of aromatic amines is 1. The monoisotopic (exact) mass is 352 g/mol. The molecule has 132 valence electrons. The van der Waals surface area contributed by atoms with Crippen molar-refractivity contribution in [2.24, 2.45) is 0 Å². The van der Waals surface area contributed by atoms with Crippen LogP contribution in [0.5, 0.6) is 0 Å². The van der Waals surface area contributed by atoms with Crippen molar-refractivity contribution in [2.75, 3.05) is 19.5 Å². The molecule has 0 aliphatic carbocycles. The average Bonchev–Trinajstić information content (AvgIpc) is 3.09. The molecule has 0 aliphatic heterocycles. The first kappa shape index (κ1) is 17.2. The van der Waals surface area contributed by atoms with Crippen LogP contribution in [0.1, 0.15) is 31.1 Å². The van der Waals surface area contributed by atoms with Crippen molar-refractivity contribution in [2.45, 2.75) is 0 Å². The van der Waals surface area contributed by atoms with E-state index in [1.54, 1.807) is 24.4 Å². The molecular weight excluding hydrogens is 336 g/mol. The first-order chi connectivity index (χ1) is 12.5. The van der Waals surface area contributed by atoms with Gasteiger partial charge in [-0.1, -0.05) is 12.1 Å². The van der Waals surface area contributed by atoms with E-state index in [4.69, 9.17) is 4.74 Å². The molecule has 26 heavy (non-hydrogen) atoms. The van der Waals surface area contributed by atoms with Gasteiger partial charge in [0.15, 0.2) is 0 Å². The van der Waals surface area contributed by atoms with E-state index in [0.717, 1.165) is 0 Å². The van der Waals surface area contributed by atoms with Crippen LogP contribution in [0.25, 0.3) is 10.9 Å². The lowest BCUT2D eigenvalue weighted by atomic mass is 10.1. The third-order valence-electron chi connectivity index (χ3n) is 3.94. The highest BCUT2D eigenvalue weighted by molar-refractivity contribution is 6.12. The average molecular weight is 352 g/mol. The number of aromatic nitrogens is 1. The van der Waals surface area contributed by atoms with Crippen LogP contribution in [0.15, 0.2) is 48.7 Å². The number of hydrogen-bond donors (Lipinski definition) is 2. The number of carbonyl (C=O) groups excluding carboxylic acids is 3. The van der Waals surface area contributed by atoms with Gasteiger partial charge in [0.25, 0.3) is 5.91 Å². The molecule has 2 aromatic carbocycles. The van der Waals surface area contributed by atoms with E-state index in [2.05, 4.69) is 15.0 Å². The fourth-order valence-corrected chi connectivity index (χ4v) is 2.61. The lowest BCUT2D eigenvalue weighted by Gasteiger charge is -2.06. The van der Waals surface area contributed by atoms with Gasteiger partial charge in [0, 0.05) is 17.1 Å². The number of para-hydroxylation sites is 1. The molecule has 0 saturated carbocycles. The van der Waals surface area contributed by atoms with Gasteiger partial charge in [-0.3, -0.25) is 4.79 Å². The van der Waals surface area contributed by atoms with E-state index in [9.17, 15) is 14.4 Å². The summed E-state index contributed by atoms with van der Waals surface area (Å²) < 4.78 is 9.39. The highest BCUT2D eigenvalue weighted by atomic mass is 16.5. The Bertz CT molecular complexity index is 989. The molecule has 0 spiro atoms. The normalized spacial score (nSPS) is 10.4.